The Hall–Kier alpha value is -3.67. The fourth-order valence-corrected chi connectivity index (χ4v) is 8.05. The van der Waals surface area contributed by atoms with E-state index in [9.17, 15) is 0 Å². The number of ether oxygens (including phenoxy) is 2. The zero-order valence-corrected chi connectivity index (χ0v) is 30.5. The first-order chi connectivity index (χ1) is 23.6. The van der Waals surface area contributed by atoms with Crippen molar-refractivity contribution in [1.29, 1.82) is 0 Å². The lowest BCUT2D eigenvalue weighted by atomic mass is 9.77. The molecule has 0 spiro atoms. The number of allylic oxidation sites excluding steroid dienone is 1. The molecule has 49 heavy (non-hydrogen) atoms. The zero-order valence-electron chi connectivity index (χ0n) is 30.5. The molecule has 3 aliphatic rings. The van der Waals surface area contributed by atoms with E-state index in [-0.39, 0.29) is 11.2 Å². The van der Waals surface area contributed by atoms with Crippen LogP contribution < -0.4 is 0 Å². The fourth-order valence-electron chi connectivity index (χ4n) is 8.05. The first kappa shape index (κ1) is 33.8. The average Bonchev–Trinajstić information content (AvgIpc) is 3.07. The minimum absolute atomic E-state index is 0.136. The highest BCUT2D eigenvalue weighted by atomic mass is 16.5. The molecule has 7 rings (SSSR count). The highest BCUT2D eigenvalue weighted by Gasteiger charge is 2.33. The van der Waals surface area contributed by atoms with Gasteiger partial charge in [-0.25, -0.2) is 9.97 Å². The second kappa shape index (κ2) is 13.9. The minimum atomic E-state index is -0.138. The Labute approximate surface area is 293 Å². The Bertz CT molecular complexity index is 1860. The number of hydrogen-bond acceptors (Lipinski definition) is 5. The molecule has 1 aromatic carbocycles. The molecule has 0 amide bonds. The van der Waals surface area contributed by atoms with Gasteiger partial charge in [-0.05, 0) is 174 Å². The molecule has 5 nitrogen and oxygen atoms in total. The van der Waals surface area contributed by atoms with Crippen molar-refractivity contribution in [3.8, 4) is 22.8 Å². The third-order valence-corrected chi connectivity index (χ3v) is 10.2. The van der Waals surface area contributed by atoms with Crippen molar-refractivity contribution in [2.24, 2.45) is 0 Å². The molecule has 3 aromatic heterocycles. The Morgan fingerprint density at radius 1 is 0.592 bits per heavy atom. The van der Waals surface area contributed by atoms with Gasteiger partial charge in [0.2, 0.25) is 0 Å². The van der Waals surface area contributed by atoms with Gasteiger partial charge in [-0.3, -0.25) is 4.98 Å². The standard InChI is InChI=1S/C44H53N3O2/c1-43(2,3)48-26-12-19-32-34-18-10-16-31(28-29-14-8-7-9-15-29)38(34)46-41-36(32)23-24-37-33(20-13-27-49-44(4,5)6)35-22-21-30-17-11-25-45-39(30)40(35)47-42(37)41/h7-9,11,14-15,17,25,28H,10,12-13,16,18-24,26-27H2,1-6H3/b31-28+. The van der Waals surface area contributed by atoms with Gasteiger partial charge in [-0.2, -0.15) is 0 Å². The number of aryl methyl sites for hydroxylation is 1. The number of hydrogen-bond donors (Lipinski definition) is 0. The maximum absolute atomic E-state index is 6.22. The molecule has 256 valence electrons. The third kappa shape index (κ3) is 7.44. The number of benzene rings is 1. The molecule has 0 N–H and O–H groups in total. The summed E-state index contributed by atoms with van der Waals surface area (Å²) in [4.78, 5) is 16.2. The van der Waals surface area contributed by atoms with Crippen LogP contribution in [0.2, 0.25) is 0 Å². The van der Waals surface area contributed by atoms with Crippen LogP contribution in [0, 0.1) is 0 Å². The van der Waals surface area contributed by atoms with E-state index in [1.54, 1.807) is 0 Å². The van der Waals surface area contributed by atoms with Crippen LogP contribution in [0.1, 0.15) is 117 Å². The lowest BCUT2D eigenvalue weighted by Crippen LogP contribution is -2.23. The summed E-state index contributed by atoms with van der Waals surface area (Å²) in [6, 6.07) is 15.0. The van der Waals surface area contributed by atoms with Gasteiger partial charge in [0.1, 0.15) is 0 Å². The maximum atomic E-state index is 6.22. The summed E-state index contributed by atoms with van der Waals surface area (Å²) in [6.45, 7) is 14.4. The normalized spacial score (nSPS) is 16.1. The van der Waals surface area contributed by atoms with Crippen LogP contribution in [0.25, 0.3) is 34.4 Å². The number of aromatic nitrogens is 3. The van der Waals surface area contributed by atoms with Crippen molar-refractivity contribution in [2.75, 3.05) is 13.2 Å². The predicted molar refractivity (Wildman–Crippen MR) is 201 cm³/mol. The molecule has 3 heterocycles. The summed E-state index contributed by atoms with van der Waals surface area (Å²) in [5, 5.41) is 0. The third-order valence-electron chi connectivity index (χ3n) is 10.2. The molecule has 0 unspecified atom stereocenters. The minimum Gasteiger partial charge on any atom is -0.376 e. The van der Waals surface area contributed by atoms with Crippen LogP contribution in [0.5, 0.6) is 0 Å². The van der Waals surface area contributed by atoms with Crippen molar-refractivity contribution in [2.45, 2.75) is 123 Å². The first-order valence-electron chi connectivity index (χ1n) is 18.6. The molecule has 0 fully saturated rings. The van der Waals surface area contributed by atoms with Gasteiger partial charge < -0.3 is 9.47 Å². The summed E-state index contributed by atoms with van der Waals surface area (Å²) in [5.74, 6) is 0. The van der Waals surface area contributed by atoms with Crippen LogP contribution in [0.15, 0.2) is 48.7 Å². The van der Waals surface area contributed by atoms with Crippen molar-refractivity contribution in [1.82, 2.24) is 15.0 Å². The van der Waals surface area contributed by atoms with E-state index in [0.29, 0.717) is 0 Å². The number of pyridine rings is 3. The van der Waals surface area contributed by atoms with Crippen molar-refractivity contribution >= 4 is 11.6 Å². The summed E-state index contributed by atoms with van der Waals surface area (Å²) in [5.41, 5.74) is 17.7. The van der Waals surface area contributed by atoms with E-state index < -0.39 is 0 Å². The molecule has 0 aliphatic heterocycles. The second-order valence-electron chi connectivity index (χ2n) is 16.1. The number of rotatable bonds is 9. The highest BCUT2D eigenvalue weighted by Crippen LogP contribution is 2.45. The lowest BCUT2D eigenvalue weighted by Gasteiger charge is -2.32. The SMILES string of the molecule is CC(C)(C)OCCCc1c2c(nc3c1CCc1c-3nc3c(c1CCCOC(C)(C)C)CCc1cccnc1-3)/C(=C/c1ccccc1)CCC2. The Morgan fingerprint density at radius 3 is 1.76 bits per heavy atom. The Balaban J connectivity index is 1.38. The van der Waals surface area contributed by atoms with Gasteiger partial charge in [0.15, 0.2) is 0 Å². The van der Waals surface area contributed by atoms with E-state index >= 15 is 0 Å². The monoisotopic (exact) mass is 655 g/mol. The molecular weight excluding hydrogens is 603 g/mol. The van der Waals surface area contributed by atoms with Gasteiger partial charge in [0, 0.05) is 19.4 Å². The molecule has 0 atom stereocenters. The highest BCUT2D eigenvalue weighted by molar-refractivity contribution is 5.85. The number of nitrogens with zero attached hydrogens (tertiary/aromatic N) is 3. The lowest BCUT2D eigenvalue weighted by molar-refractivity contribution is -0.00424. The first-order valence-corrected chi connectivity index (χ1v) is 18.6. The summed E-state index contributed by atoms with van der Waals surface area (Å²) < 4.78 is 12.4. The quantitative estimate of drug-likeness (QED) is 0.168. The van der Waals surface area contributed by atoms with Crippen LogP contribution in [0.3, 0.4) is 0 Å². The van der Waals surface area contributed by atoms with E-state index in [0.717, 1.165) is 107 Å². The van der Waals surface area contributed by atoms with Gasteiger partial charge in [0.25, 0.3) is 0 Å². The molecule has 0 bridgehead atoms. The van der Waals surface area contributed by atoms with E-state index in [2.05, 4.69) is 90.1 Å². The van der Waals surface area contributed by atoms with Gasteiger partial charge >= 0.3 is 0 Å². The second-order valence-corrected chi connectivity index (χ2v) is 16.1. The van der Waals surface area contributed by atoms with Crippen LogP contribution in [-0.4, -0.2) is 39.4 Å². The van der Waals surface area contributed by atoms with E-state index in [1.165, 1.54) is 55.8 Å². The zero-order chi connectivity index (χ0) is 34.2. The molecule has 0 saturated heterocycles. The largest absolute Gasteiger partial charge is 0.376 e. The van der Waals surface area contributed by atoms with Crippen molar-refractivity contribution in [3.05, 3.63) is 98.9 Å². The molecular formula is C44H53N3O2. The molecule has 3 aliphatic carbocycles. The summed E-state index contributed by atoms with van der Waals surface area (Å²) in [7, 11) is 0. The Kier molecular flexibility index (Phi) is 9.60. The molecule has 5 heteroatoms. The van der Waals surface area contributed by atoms with Gasteiger partial charge in [-0.1, -0.05) is 36.4 Å². The smallest absolute Gasteiger partial charge is 0.0932 e. The van der Waals surface area contributed by atoms with E-state index in [4.69, 9.17) is 24.4 Å². The van der Waals surface area contributed by atoms with E-state index in [1.807, 2.05) is 6.20 Å². The number of fused-ring (bicyclic) bond motifs is 7. The van der Waals surface area contributed by atoms with Crippen molar-refractivity contribution < 1.29 is 9.47 Å². The summed E-state index contributed by atoms with van der Waals surface area (Å²) >= 11 is 0. The van der Waals surface area contributed by atoms with Gasteiger partial charge in [0.05, 0.1) is 39.7 Å². The van der Waals surface area contributed by atoms with Crippen LogP contribution >= 0.6 is 0 Å². The maximum Gasteiger partial charge on any atom is 0.0932 e. The van der Waals surface area contributed by atoms with Crippen LogP contribution in [-0.2, 0) is 54.4 Å². The molecule has 0 saturated carbocycles. The van der Waals surface area contributed by atoms with Crippen LogP contribution in [0.4, 0.5) is 0 Å². The molecule has 0 radical (unpaired) electrons. The topological polar surface area (TPSA) is 57.1 Å². The average molecular weight is 656 g/mol. The van der Waals surface area contributed by atoms with Gasteiger partial charge in [-0.15, -0.1) is 0 Å². The predicted octanol–water partition coefficient (Wildman–Crippen LogP) is 9.78. The van der Waals surface area contributed by atoms with Crippen molar-refractivity contribution in [3.63, 3.8) is 0 Å². The fraction of sp³-hybridized carbons (Fsp3) is 0.477. The molecule has 4 aromatic rings. The summed E-state index contributed by atoms with van der Waals surface area (Å²) in [6.07, 6.45) is 15.6. The Morgan fingerprint density at radius 2 is 1.14 bits per heavy atom.